The number of benzene rings is 1. The number of rotatable bonds is 5. The number of carbonyl (C=O) groups excluding carboxylic acids is 1. The number of halogens is 1. The molecule has 0 spiro atoms. The quantitative estimate of drug-likeness (QED) is 0.707. The molecule has 2 heterocycles. The number of carbonyl (C=O) groups is 1. The molecule has 0 atom stereocenters. The maximum Gasteiger partial charge on any atom is 0.253 e. The SMILES string of the molecule is Cc1cc(C)n2nc(SCC(=O)NCc3ccccc3Cl)nc2n1. The molecule has 2 aromatic heterocycles. The van der Waals surface area contributed by atoms with E-state index in [9.17, 15) is 4.79 Å². The molecule has 0 saturated carbocycles. The van der Waals surface area contributed by atoms with Crippen LogP contribution >= 0.6 is 23.4 Å². The Kier molecular flexibility index (Phi) is 5.01. The minimum absolute atomic E-state index is 0.0976. The lowest BCUT2D eigenvalue weighted by Gasteiger charge is -2.05. The van der Waals surface area contributed by atoms with Crippen molar-refractivity contribution >= 4 is 35.0 Å². The summed E-state index contributed by atoms with van der Waals surface area (Å²) in [6.07, 6.45) is 0. The maximum absolute atomic E-state index is 12.0. The van der Waals surface area contributed by atoms with E-state index in [1.807, 2.05) is 38.1 Å². The minimum Gasteiger partial charge on any atom is -0.351 e. The van der Waals surface area contributed by atoms with Crippen LogP contribution in [0.5, 0.6) is 0 Å². The van der Waals surface area contributed by atoms with Crippen LogP contribution in [-0.4, -0.2) is 31.2 Å². The number of amides is 1. The highest BCUT2D eigenvalue weighted by molar-refractivity contribution is 7.99. The van der Waals surface area contributed by atoms with Crippen molar-refractivity contribution in [2.24, 2.45) is 0 Å². The Labute approximate surface area is 148 Å². The summed E-state index contributed by atoms with van der Waals surface area (Å²) in [6, 6.07) is 9.37. The van der Waals surface area contributed by atoms with Crippen LogP contribution in [0.3, 0.4) is 0 Å². The predicted octanol–water partition coefficient (Wildman–Crippen LogP) is 2.80. The summed E-state index contributed by atoms with van der Waals surface area (Å²) in [4.78, 5) is 20.7. The zero-order valence-electron chi connectivity index (χ0n) is 13.3. The van der Waals surface area contributed by atoms with Gasteiger partial charge in [0.15, 0.2) is 0 Å². The molecule has 0 aliphatic carbocycles. The van der Waals surface area contributed by atoms with Crippen molar-refractivity contribution in [3.8, 4) is 0 Å². The molecule has 24 heavy (non-hydrogen) atoms. The number of aryl methyl sites for hydroxylation is 2. The van der Waals surface area contributed by atoms with E-state index in [1.54, 1.807) is 10.6 Å². The number of fused-ring (bicyclic) bond motifs is 1. The first-order valence-electron chi connectivity index (χ1n) is 7.37. The highest BCUT2D eigenvalue weighted by atomic mass is 35.5. The van der Waals surface area contributed by atoms with E-state index >= 15 is 0 Å². The molecule has 1 aromatic carbocycles. The number of aromatic nitrogens is 4. The van der Waals surface area contributed by atoms with E-state index in [0.29, 0.717) is 22.5 Å². The lowest BCUT2D eigenvalue weighted by atomic mass is 10.2. The van der Waals surface area contributed by atoms with E-state index in [-0.39, 0.29) is 11.7 Å². The predicted molar refractivity (Wildman–Crippen MR) is 94.3 cm³/mol. The number of nitrogens with one attached hydrogen (secondary N) is 1. The summed E-state index contributed by atoms with van der Waals surface area (Å²) >= 11 is 7.35. The smallest absolute Gasteiger partial charge is 0.253 e. The van der Waals surface area contributed by atoms with Crippen LogP contribution in [-0.2, 0) is 11.3 Å². The van der Waals surface area contributed by atoms with Crippen LogP contribution in [0.25, 0.3) is 5.78 Å². The number of hydrogen-bond donors (Lipinski definition) is 1. The molecule has 0 aliphatic heterocycles. The first-order chi connectivity index (χ1) is 11.5. The molecule has 6 nitrogen and oxygen atoms in total. The summed E-state index contributed by atoms with van der Waals surface area (Å²) in [6.45, 7) is 4.26. The monoisotopic (exact) mass is 361 g/mol. The summed E-state index contributed by atoms with van der Waals surface area (Å²) < 4.78 is 1.68. The Morgan fingerprint density at radius 3 is 2.88 bits per heavy atom. The molecule has 0 fully saturated rings. The average molecular weight is 362 g/mol. The molecule has 0 radical (unpaired) electrons. The second kappa shape index (κ2) is 7.19. The summed E-state index contributed by atoms with van der Waals surface area (Å²) in [5, 5.41) is 8.38. The third kappa shape index (κ3) is 3.85. The normalized spacial score (nSPS) is 11.0. The van der Waals surface area contributed by atoms with Crippen molar-refractivity contribution in [1.82, 2.24) is 24.9 Å². The largest absolute Gasteiger partial charge is 0.351 e. The Morgan fingerprint density at radius 2 is 2.08 bits per heavy atom. The average Bonchev–Trinajstić information content (AvgIpc) is 2.95. The molecular weight excluding hydrogens is 346 g/mol. The molecular formula is C16H16ClN5OS. The van der Waals surface area contributed by atoms with Gasteiger partial charge in [0.05, 0.1) is 5.75 Å². The van der Waals surface area contributed by atoms with Gasteiger partial charge in [0.25, 0.3) is 5.78 Å². The fourth-order valence-corrected chi connectivity index (χ4v) is 3.08. The highest BCUT2D eigenvalue weighted by Crippen LogP contribution is 2.16. The lowest BCUT2D eigenvalue weighted by Crippen LogP contribution is -2.24. The standard InChI is InChI=1S/C16H16ClN5OS/c1-10-7-11(2)22-15(19-10)20-16(21-22)24-9-14(23)18-8-12-5-3-4-6-13(12)17/h3-7H,8-9H2,1-2H3,(H,18,23). The molecule has 3 aromatic rings. The molecule has 0 aliphatic rings. The van der Waals surface area contributed by atoms with Gasteiger partial charge in [-0.3, -0.25) is 4.79 Å². The molecule has 124 valence electrons. The van der Waals surface area contributed by atoms with Gasteiger partial charge in [-0.05, 0) is 31.5 Å². The van der Waals surface area contributed by atoms with Gasteiger partial charge >= 0.3 is 0 Å². The summed E-state index contributed by atoms with van der Waals surface area (Å²) in [5.41, 5.74) is 2.74. The van der Waals surface area contributed by atoms with Gasteiger partial charge in [-0.2, -0.15) is 4.98 Å². The number of thioether (sulfide) groups is 1. The van der Waals surface area contributed by atoms with Crippen LogP contribution in [0.1, 0.15) is 17.0 Å². The topological polar surface area (TPSA) is 72.2 Å². The van der Waals surface area contributed by atoms with Crippen molar-refractivity contribution < 1.29 is 4.79 Å². The van der Waals surface area contributed by atoms with Crippen molar-refractivity contribution in [2.75, 3.05) is 5.75 Å². The van der Waals surface area contributed by atoms with Gasteiger partial charge in [-0.25, -0.2) is 9.50 Å². The van der Waals surface area contributed by atoms with Gasteiger partial charge in [-0.15, -0.1) is 5.10 Å². The molecule has 1 amide bonds. The number of nitrogens with zero attached hydrogens (tertiary/aromatic N) is 4. The first kappa shape index (κ1) is 16.7. The van der Waals surface area contributed by atoms with E-state index in [2.05, 4.69) is 20.4 Å². The Balaban J connectivity index is 1.58. The van der Waals surface area contributed by atoms with E-state index in [4.69, 9.17) is 11.6 Å². The molecule has 0 unspecified atom stereocenters. The molecule has 3 rings (SSSR count). The lowest BCUT2D eigenvalue weighted by molar-refractivity contribution is -0.118. The summed E-state index contributed by atoms with van der Waals surface area (Å²) in [5.74, 6) is 0.686. The van der Waals surface area contributed by atoms with E-state index in [1.165, 1.54) is 11.8 Å². The fourth-order valence-electron chi connectivity index (χ4n) is 2.23. The van der Waals surface area contributed by atoms with E-state index in [0.717, 1.165) is 17.0 Å². The molecule has 0 bridgehead atoms. The van der Waals surface area contributed by atoms with Crippen LogP contribution in [0.2, 0.25) is 5.02 Å². The zero-order chi connectivity index (χ0) is 17.1. The van der Waals surface area contributed by atoms with Crippen LogP contribution in [0.4, 0.5) is 0 Å². The molecule has 0 saturated heterocycles. The van der Waals surface area contributed by atoms with Gasteiger partial charge in [0.1, 0.15) is 0 Å². The maximum atomic E-state index is 12.0. The Hall–Kier alpha value is -2.12. The second-order valence-corrected chi connectivity index (χ2v) is 6.65. The molecule has 8 heteroatoms. The minimum atomic E-state index is -0.0976. The van der Waals surface area contributed by atoms with Crippen LogP contribution in [0.15, 0.2) is 35.5 Å². The van der Waals surface area contributed by atoms with Crippen molar-refractivity contribution in [1.29, 1.82) is 0 Å². The second-order valence-electron chi connectivity index (χ2n) is 5.30. The van der Waals surface area contributed by atoms with Gasteiger partial charge in [0, 0.05) is 23.0 Å². The Bertz CT molecular complexity index is 895. The van der Waals surface area contributed by atoms with E-state index < -0.39 is 0 Å². The summed E-state index contributed by atoms with van der Waals surface area (Å²) in [7, 11) is 0. The van der Waals surface area contributed by atoms with Gasteiger partial charge < -0.3 is 5.32 Å². The van der Waals surface area contributed by atoms with Gasteiger partial charge in [0.2, 0.25) is 11.1 Å². The highest BCUT2D eigenvalue weighted by Gasteiger charge is 2.10. The number of hydrogen-bond acceptors (Lipinski definition) is 5. The van der Waals surface area contributed by atoms with Gasteiger partial charge in [-0.1, -0.05) is 41.6 Å². The first-order valence-corrected chi connectivity index (χ1v) is 8.73. The third-order valence-electron chi connectivity index (χ3n) is 3.37. The van der Waals surface area contributed by atoms with Crippen LogP contribution < -0.4 is 5.32 Å². The van der Waals surface area contributed by atoms with Crippen molar-refractivity contribution in [2.45, 2.75) is 25.5 Å². The molecule has 1 N–H and O–H groups in total. The zero-order valence-corrected chi connectivity index (χ0v) is 14.9. The van der Waals surface area contributed by atoms with Crippen molar-refractivity contribution in [3.05, 3.63) is 52.3 Å². The Morgan fingerprint density at radius 1 is 1.29 bits per heavy atom. The van der Waals surface area contributed by atoms with Crippen LogP contribution in [0, 0.1) is 13.8 Å². The third-order valence-corrected chi connectivity index (χ3v) is 4.57. The fraction of sp³-hybridized carbons (Fsp3) is 0.250. The van der Waals surface area contributed by atoms with Crippen molar-refractivity contribution in [3.63, 3.8) is 0 Å².